The fourth-order valence-corrected chi connectivity index (χ4v) is 2.00. The van der Waals surface area contributed by atoms with E-state index in [4.69, 9.17) is 21.1 Å². The van der Waals surface area contributed by atoms with Crippen LogP contribution in [0.1, 0.15) is 17.3 Å². The Bertz CT molecular complexity index is 698. The molecule has 0 aromatic heterocycles. The summed E-state index contributed by atoms with van der Waals surface area (Å²) < 4.78 is 10.1. The molecule has 22 heavy (non-hydrogen) atoms. The van der Waals surface area contributed by atoms with Crippen molar-refractivity contribution in [2.24, 2.45) is 0 Å². The molecule has 0 unspecified atom stereocenters. The van der Waals surface area contributed by atoms with E-state index in [1.165, 1.54) is 20.1 Å². The summed E-state index contributed by atoms with van der Waals surface area (Å²) in [6, 6.07) is 11.2. The number of nitrogens with one attached hydrogen (secondary N) is 1. The molecule has 0 aliphatic heterocycles. The van der Waals surface area contributed by atoms with Crippen LogP contribution < -0.4 is 14.8 Å². The van der Waals surface area contributed by atoms with Gasteiger partial charge in [0.05, 0.1) is 12.7 Å². The third kappa shape index (κ3) is 3.99. The summed E-state index contributed by atoms with van der Waals surface area (Å²) in [6.45, 7) is 1.32. The maximum Gasteiger partial charge on any atom is 0.308 e. The molecule has 0 aliphatic carbocycles. The lowest BCUT2D eigenvalue weighted by Crippen LogP contribution is -2.13. The van der Waals surface area contributed by atoms with Gasteiger partial charge in [0.15, 0.2) is 0 Å². The van der Waals surface area contributed by atoms with E-state index in [-0.39, 0.29) is 5.91 Å². The minimum atomic E-state index is -0.402. The summed E-state index contributed by atoms with van der Waals surface area (Å²) in [5, 5.41) is 3.16. The van der Waals surface area contributed by atoms with Crippen LogP contribution in [-0.2, 0) is 4.79 Å². The molecule has 1 amide bonds. The highest BCUT2D eigenvalue weighted by atomic mass is 35.5. The molecule has 0 spiro atoms. The minimum Gasteiger partial charge on any atom is -0.496 e. The summed E-state index contributed by atoms with van der Waals surface area (Å²) in [5.41, 5.74) is 0.891. The van der Waals surface area contributed by atoms with Crippen LogP contribution in [0.25, 0.3) is 0 Å². The van der Waals surface area contributed by atoms with Gasteiger partial charge in [-0.3, -0.25) is 9.59 Å². The van der Waals surface area contributed by atoms with Crippen molar-refractivity contribution in [2.75, 3.05) is 12.4 Å². The third-order valence-corrected chi connectivity index (χ3v) is 3.02. The highest BCUT2D eigenvalue weighted by Crippen LogP contribution is 2.24. The van der Waals surface area contributed by atoms with Crippen molar-refractivity contribution >= 4 is 29.2 Å². The van der Waals surface area contributed by atoms with Crippen LogP contribution in [0.4, 0.5) is 5.69 Å². The first-order chi connectivity index (χ1) is 10.5. The molecule has 1 N–H and O–H groups in total. The van der Waals surface area contributed by atoms with Gasteiger partial charge in [0.25, 0.3) is 5.91 Å². The van der Waals surface area contributed by atoms with Crippen molar-refractivity contribution in [1.29, 1.82) is 0 Å². The van der Waals surface area contributed by atoms with Crippen LogP contribution in [0.5, 0.6) is 11.5 Å². The number of halogens is 1. The number of hydrogen-bond acceptors (Lipinski definition) is 4. The van der Waals surface area contributed by atoms with Gasteiger partial charge in [0, 0.05) is 17.6 Å². The molecule has 2 rings (SSSR count). The van der Waals surface area contributed by atoms with Gasteiger partial charge in [-0.25, -0.2) is 0 Å². The topological polar surface area (TPSA) is 64.6 Å². The van der Waals surface area contributed by atoms with E-state index in [1.54, 1.807) is 36.4 Å². The smallest absolute Gasteiger partial charge is 0.308 e. The van der Waals surface area contributed by atoms with Gasteiger partial charge in [-0.2, -0.15) is 0 Å². The number of ether oxygens (including phenoxy) is 2. The largest absolute Gasteiger partial charge is 0.496 e. The normalized spacial score (nSPS) is 9.95. The number of methoxy groups -OCH3 is 1. The van der Waals surface area contributed by atoms with Gasteiger partial charge in [-0.1, -0.05) is 11.6 Å². The Morgan fingerprint density at radius 1 is 1.09 bits per heavy atom. The number of hydrogen-bond donors (Lipinski definition) is 1. The predicted molar refractivity (Wildman–Crippen MR) is 83.7 cm³/mol. The molecule has 0 bridgehead atoms. The van der Waals surface area contributed by atoms with E-state index in [1.807, 2.05) is 0 Å². The van der Waals surface area contributed by atoms with Gasteiger partial charge in [-0.15, -0.1) is 0 Å². The Labute approximate surface area is 132 Å². The average Bonchev–Trinajstić information content (AvgIpc) is 2.48. The Morgan fingerprint density at radius 2 is 1.77 bits per heavy atom. The van der Waals surface area contributed by atoms with E-state index in [9.17, 15) is 9.59 Å². The predicted octanol–water partition coefficient (Wildman–Crippen LogP) is 3.53. The Hall–Kier alpha value is -2.53. The van der Waals surface area contributed by atoms with Crippen molar-refractivity contribution in [3.05, 3.63) is 53.1 Å². The van der Waals surface area contributed by atoms with Gasteiger partial charge in [0.1, 0.15) is 11.5 Å². The zero-order valence-electron chi connectivity index (χ0n) is 12.1. The molecule has 2 aromatic rings. The van der Waals surface area contributed by atoms with Crippen LogP contribution >= 0.6 is 11.6 Å². The van der Waals surface area contributed by atoms with Gasteiger partial charge < -0.3 is 14.8 Å². The van der Waals surface area contributed by atoms with Gasteiger partial charge in [0.2, 0.25) is 0 Å². The maximum absolute atomic E-state index is 12.3. The summed E-state index contributed by atoms with van der Waals surface area (Å²) in [5.74, 6) is 0.0873. The number of esters is 1. The maximum atomic E-state index is 12.3. The molecule has 6 heteroatoms. The van der Waals surface area contributed by atoms with Gasteiger partial charge in [-0.05, 0) is 42.5 Å². The zero-order chi connectivity index (χ0) is 16.1. The lowest BCUT2D eigenvalue weighted by atomic mass is 10.2. The average molecular weight is 320 g/mol. The number of anilines is 1. The molecular formula is C16H14ClNO4. The molecule has 0 atom stereocenters. The van der Waals surface area contributed by atoms with Crippen LogP contribution in [0.3, 0.4) is 0 Å². The Kier molecular flexibility index (Phi) is 5.01. The first kappa shape index (κ1) is 15.9. The van der Waals surface area contributed by atoms with E-state index < -0.39 is 5.97 Å². The highest BCUT2D eigenvalue weighted by molar-refractivity contribution is 6.31. The molecule has 114 valence electrons. The molecular weight excluding hydrogens is 306 g/mol. The summed E-state index contributed by atoms with van der Waals surface area (Å²) in [4.78, 5) is 23.1. The first-order valence-electron chi connectivity index (χ1n) is 6.43. The number of rotatable bonds is 4. The molecule has 5 nitrogen and oxygen atoms in total. The summed E-state index contributed by atoms with van der Waals surface area (Å²) in [6.07, 6.45) is 0. The summed E-state index contributed by atoms with van der Waals surface area (Å²) >= 11 is 5.91. The second-order valence-electron chi connectivity index (χ2n) is 4.42. The van der Waals surface area contributed by atoms with Crippen molar-refractivity contribution in [3.8, 4) is 11.5 Å². The fourth-order valence-electron chi connectivity index (χ4n) is 1.83. The fraction of sp³-hybridized carbons (Fsp3) is 0.125. The number of carbonyl (C=O) groups excluding carboxylic acids is 2. The summed E-state index contributed by atoms with van der Waals surface area (Å²) in [7, 11) is 1.48. The quantitative estimate of drug-likeness (QED) is 0.691. The molecule has 0 aliphatic rings. The van der Waals surface area contributed by atoms with Crippen molar-refractivity contribution in [3.63, 3.8) is 0 Å². The molecule has 2 aromatic carbocycles. The van der Waals surface area contributed by atoms with Crippen LogP contribution in [0.2, 0.25) is 5.02 Å². The number of amides is 1. The molecule has 0 saturated carbocycles. The SMILES string of the molecule is COc1ccc(Cl)cc1C(=O)Nc1ccc(OC(C)=O)cc1. The Morgan fingerprint density at radius 3 is 2.36 bits per heavy atom. The number of benzene rings is 2. The van der Waals surface area contributed by atoms with Crippen molar-refractivity contribution < 1.29 is 19.1 Å². The number of carbonyl (C=O) groups is 2. The lowest BCUT2D eigenvalue weighted by molar-refractivity contribution is -0.131. The standard InChI is InChI=1S/C16H14ClNO4/c1-10(19)22-13-6-4-12(5-7-13)18-16(20)14-9-11(17)3-8-15(14)21-2/h3-9H,1-2H3,(H,18,20). The lowest BCUT2D eigenvalue weighted by Gasteiger charge is -2.10. The van der Waals surface area contributed by atoms with Crippen molar-refractivity contribution in [1.82, 2.24) is 0 Å². The first-order valence-corrected chi connectivity index (χ1v) is 6.81. The minimum absolute atomic E-state index is 0.332. The third-order valence-electron chi connectivity index (χ3n) is 2.78. The zero-order valence-corrected chi connectivity index (χ0v) is 12.8. The van der Waals surface area contributed by atoms with Crippen molar-refractivity contribution in [2.45, 2.75) is 6.92 Å². The molecule has 0 heterocycles. The van der Waals surface area contributed by atoms with Gasteiger partial charge >= 0.3 is 5.97 Å². The monoisotopic (exact) mass is 319 g/mol. The van der Waals surface area contributed by atoms with Crippen LogP contribution in [0, 0.1) is 0 Å². The highest BCUT2D eigenvalue weighted by Gasteiger charge is 2.13. The molecule has 0 radical (unpaired) electrons. The second-order valence-corrected chi connectivity index (χ2v) is 4.85. The van der Waals surface area contributed by atoms with E-state index in [2.05, 4.69) is 5.32 Å². The van der Waals surface area contributed by atoms with Crippen LogP contribution in [-0.4, -0.2) is 19.0 Å². The van der Waals surface area contributed by atoms with E-state index in [0.29, 0.717) is 27.8 Å². The molecule has 0 saturated heterocycles. The van der Waals surface area contributed by atoms with E-state index in [0.717, 1.165) is 0 Å². The van der Waals surface area contributed by atoms with Crippen LogP contribution in [0.15, 0.2) is 42.5 Å². The Balaban J connectivity index is 2.15. The molecule has 0 fully saturated rings. The van der Waals surface area contributed by atoms with E-state index >= 15 is 0 Å². The second kappa shape index (κ2) is 6.95.